The van der Waals surface area contributed by atoms with E-state index in [1.165, 1.54) is 23.5 Å². The van der Waals surface area contributed by atoms with Crippen LogP contribution in [0.2, 0.25) is 0 Å². The first-order valence-corrected chi connectivity index (χ1v) is 5.83. The first-order chi connectivity index (χ1) is 8.47. The molecule has 0 radical (unpaired) electrons. The number of hydrogen-bond acceptors (Lipinski definition) is 4. The summed E-state index contributed by atoms with van der Waals surface area (Å²) < 4.78 is 0. The van der Waals surface area contributed by atoms with Crippen molar-refractivity contribution in [3.63, 3.8) is 0 Å². The lowest BCUT2D eigenvalue weighted by Crippen LogP contribution is -2.02. The molecule has 0 amide bonds. The Labute approximate surface area is 106 Å². The number of thiazole rings is 1. The highest BCUT2D eigenvalue weighted by Crippen LogP contribution is 2.26. The lowest BCUT2D eigenvalue weighted by molar-refractivity contribution is 0.0696. The van der Waals surface area contributed by atoms with Crippen molar-refractivity contribution in [3.05, 3.63) is 40.4 Å². The van der Waals surface area contributed by atoms with Gasteiger partial charge in [-0.05, 0) is 25.1 Å². The molecule has 0 atom stereocenters. The normalized spacial score (nSPS) is 10.3. The lowest BCUT2D eigenvalue weighted by Gasteiger charge is -2.02. The highest BCUT2D eigenvalue weighted by Gasteiger charge is 2.13. The third-order valence-electron chi connectivity index (χ3n) is 2.30. The van der Waals surface area contributed by atoms with Crippen LogP contribution in [0.15, 0.2) is 24.4 Å². The van der Waals surface area contributed by atoms with E-state index in [1.807, 2.05) is 6.92 Å². The van der Waals surface area contributed by atoms with Crippen LogP contribution >= 0.6 is 11.3 Å². The highest BCUT2D eigenvalue weighted by molar-refractivity contribution is 7.14. The molecule has 0 aliphatic carbocycles. The summed E-state index contributed by atoms with van der Waals surface area (Å²) in [4.78, 5) is 27.0. The molecule has 0 aliphatic rings. The predicted molar refractivity (Wildman–Crippen MR) is 66.2 cm³/mol. The van der Waals surface area contributed by atoms with E-state index in [2.05, 4.69) is 4.98 Å². The van der Waals surface area contributed by atoms with Gasteiger partial charge in [-0.15, -0.1) is 11.3 Å². The number of aromatic nitrogens is 1. The van der Waals surface area contributed by atoms with Crippen molar-refractivity contribution in [2.75, 3.05) is 0 Å². The Balaban J connectivity index is 2.60. The van der Waals surface area contributed by atoms with Gasteiger partial charge >= 0.3 is 11.9 Å². The van der Waals surface area contributed by atoms with Gasteiger partial charge in [-0.25, -0.2) is 14.6 Å². The molecule has 1 heterocycles. The van der Waals surface area contributed by atoms with Crippen LogP contribution in [0.4, 0.5) is 0 Å². The largest absolute Gasteiger partial charge is 0.478 e. The molecule has 0 saturated heterocycles. The Morgan fingerprint density at radius 3 is 2.06 bits per heavy atom. The molecule has 0 saturated carbocycles. The molecule has 2 aromatic rings. The summed E-state index contributed by atoms with van der Waals surface area (Å²) in [5.74, 6) is -2.32. The molecule has 2 rings (SSSR count). The second kappa shape index (κ2) is 4.58. The zero-order chi connectivity index (χ0) is 13.3. The van der Waals surface area contributed by atoms with Crippen LogP contribution in [0.25, 0.3) is 10.6 Å². The van der Waals surface area contributed by atoms with Gasteiger partial charge in [-0.2, -0.15) is 0 Å². The third-order valence-corrected chi connectivity index (χ3v) is 3.26. The Bertz CT molecular complexity index is 601. The van der Waals surface area contributed by atoms with E-state index in [4.69, 9.17) is 10.2 Å². The average Bonchev–Trinajstić information content (AvgIpc) is 2.75. The van der Waals surface area contributed by atoms with Crippen molar-refractivity contribution >= 4 is 23.3 Å². The number of rotatable bonds is 3. The van der Waals surface area contributed by atoms with Gasteiger partial charge < -0.3 is 10.2 Å². The van der Waals surface area contributed by atoms with Crippen molar-refractivity contribution in [2.24, 2.45) is 0 Å². The summed E-state index contributed by atoms with van der Waals surface area (Å²) >= 11 is 1.38. The van der Waals surface area contributed by atoms with Crippen LogP contribution in [0.5, 0.6) is 0 Å². The summed E-state index contributed by atoms with van der Waals surface area (Å²) in [5, 5.41) is 18.5. The summed E-state index contributed by atoms with van der Waals surface area (Å²) in [6, 6.07) is 3.98. The molecule has 0 bridgehead atoms. The number of benzene rings is 1. The zero-order valence-corrected chi connectivity index (χ0v) is 10.2. The first kappa shape index (κ1) is 12.3. The second-order valence-corrected chi connectivity index (χ2v) is 4.92. The molecule has 0 fully saturated rings. The predicted octanol–water partition coefficient (Wildman–Crippen LogP) is 2.51. The van der Waals surface area contributed by atoms with E-state index in [-0.39, 0.29) is 11.1 Å². The molecule has 92 valence electrons. The van der Waals surface area contributed by atoms with Gasteiger partial charge in [0.15, 0.2) is 0 Å². The Hall–Kier alpha value is -2.21. The molecule has 0 aliphatic heterocycles. The van der Waals surface area contributed by atoms with Crippen LogP contribution in [0, 0.1) is 6.92 Å². The molecule has 1 aromatic carbocycles. The monoisotopic (exact) mass is 263 g/mol. The molecule has 18 heavy (non-hydrogen) atoms. The van der Waals surface area contributed by atoms with E-state index in [0.29, 0.717) is 10.6 Å². The van der Waals surface area contributed by atoms with Crippen molar-refractivity contribution in [1.82, 2.24) is 4.98 Å². The second-order valence-electron chi connectivity index (χ2n) is 3.69. The quantitative estimate of drug-likeness (QED) is 0.888. The van der Waals surface area contributed by atoms with Gasteiger partial charge in [0.2, 0.25) is 0 Å². The lowest BCUT2D eigenvalue weighted by atomic mass is 10.1. The van der Waals surface area contributed by atoms with E-state index in [9.17, 15) is 9.59 Å². The first-order valence-electron chi connectivity index (χ1n) is 5.02. The SMILES string of the molecule is Cc1cnc(-c2cc(C(=O)O)cc(C(=O)O)c2)s1. The van der Waals surface area contributed by atoms with Crippen LogP contribution < -0.4 is 0 Å². The van der Waals surface area contributed by atoms with Crippen molar-refractivity contribution < 1.29 is 19.8 Å². The van der Waals surface area contributed by atoms with Gasteiger partial charge in [0.05, 0.1) is 11.1 Å². The van der Waals surface area contributed by atoms with Crippen molar-refractivity contribution in [3.8, 4) is 10.6 Å². The molecule has 0 spiro atoms. The van der Waals surface area contributed by atoms with Crippen molar-refractivity contribution in [2.45, 2.75) is 6.92 Å². The Morgan fingerprint density at radius 1 is 1.11 bits per heavy atom. The van der Waals surface area contributed by atoms with Crippen LogP contribution in [-0.4, -0.2) is 27.1 Å². The third kappa shape index (κ3) is 2.38. The van der Waals surface area contributed by atoms with Crippen LogP contribution in [0.1, 0.15) is 25.6 Å². The molecular weight excluding hydrogens is 254 g/mol. The summed E-state index contributed by atoms with van der Waals surface area (Å²) in [5.41, 5.74) is 0.390. The standard InChI is InChI=1S/C12H9NO4S/c1-6-5-13-10(18-6)7-2-8(11(14)15)4-9(3-7)12(16)17/h2-5H,1H3,(H,14,15)(H,16,17). The fourth-order valence-corrected chi connectivity index (χ4v) is 2.24. The van der Waals surface area contributed by atoms with Gasteiger partial charge in [0.1, 0.15) is 5.01 Å². The Kier molecular flexibility index (Phi) is 3.12. The average molecular weight is 263 g/mol. The maximum absolute atomic E-state index is 11.0. The molecule has 6 heteroatoms. The molecule has 0 unspecified atom stereocenters. The minimum atomic E-state index is -1.16. The molecule has 5 nitrogen and oxygen atoms in total. The maximum Gasteiger partial charge on any atom is 0.335 e. The number of aromatic carboxylic acids is 2. The van der Waals surface area contributed by atoms with Gasteiger partial charge in [-0.1, -0.05) is 0 Å². The van der Waals surface area contributed by atoms with E-state index < -0.39 is 11.9 Å². The summed E-state index contributed by atoms with van der Waals surface area (Å²) in [6.07, 6.45) is 1.66. The smallest absolute Gasteiger partial charge is 0.335 e. The maximum atomic E-state index is 11.0. The van der Waals surface area contributed by atoms with E-state index in [0.717, 1.165) is 10.9 Å². The number of carboxylic acid groups (broad SMARTS) is 2. The topological polar surface area (TPSA) is 87.5 Å². The number of carboxylic acids is 2. The van der Waals surface area contributed by atoms with E-state index in [1.54, 1.807) is 6.20 Å². The zero-order valence-electron chi connectivity index (χ0n) is 9.38. The minimum absolute atomic E-state index is 0.0576. The van der Waals surface area contributed by atoms with Gasteiger partial charge in [-0.3, -0.25) is 0 Å². The number of nitrogens with zero attached hydrogens (tertiary/aromatic N) is 1. The van der Waals surface area contributed by atoms with Crippen molar-refractivity contribution in [1.29, 1.82) is 0 Å². The van der Waals surface area contributed by atoms with Crippen LogP contribution in [-0.2, 0) is 0 Å². The molecular formula is C12H9NO4S. The highest BCUT2D eigenvalue weighted by atomic mass is 32.1. The van der Waals surface area contributed by atoms with Gasteiger partial charge in [0.25, 0.3) is 0 Å². The summed E-state index contributed by atoms with van der Waals surface area (Å²) in [7, 11) is 0. The summed E-state index contributed by atoms with van der Waals surface area (Å²) in [6.45, 7) is 1.88. The minimum Gasteiger partial charge on any atom is -0.478 e. The van der Waals surface area contributed by atoms with Crippen LogP contribution in [0.3, 0.4) is 0 Å². The molecule has 1 aromatic heterocycles. The Morgan fingerprint density at radius 2 is 1.67 bits per heavy atom. The number of aryl methyl sites for hydroxylation is 1. The fraction of sp³-hybridized carbons (Fsp3) is 0.0833. The van der Waals surface area contributed by atoms with Gasteiger partial charge in [0, 0.05) is 16.6 Å². The number of hydrogen-bond donors (Lipinski definition) is 2. The van der Waals surface area contributed by atoms with E-state index >= 15 is 0 Å². The molecule has 2 N–H and O–H groups in total. The fourth-order valence-electron chi connectivity index (χ4n) is 1.49. The number of carbonyl (C=O) groups is 2.